The van der Waals surface area contributed by atoms with E-state index in [0.717, 1.165) is 12.8 Å². The van der Waals surface area contributed by atoms with Crippen molar-refractivity contribution in [1.29, 1.82) is 0 Å². The molecule has 3 amide bonds. The average Bonchev–Trinajstić information content (AvgIpc) is 3.65. The molecule has 176 valence electrons. The van der Waals surface area contributed by atoms with E-state index in [0.29, 0.717) is 30.9 Å². The summed E-state index contributed by atoms with van der Waals surface area (Å²) in [5, 5.41) is 2.18. The second-order valence-electron chi connectivity index (χ2n) is 8.73. The van der Waals surface area contributed by atoms with E-state index in [4.69, 9.17) is 9.47 Å². The van der Waals surface area contributed by atoms with Gasteiger partial charge in [0.1, 0.15) is 12.8 Å². The number of hydrogen-bond donors (Lipinski definition) is 2. The lowest BCUT2D eigenvalue weighted by Gasteiger charge is -2.20. The first kappa shape index (κ1) is 22.9. The van der Waals surface area contributed by atoms with Gasteiger partial charge >= 0.3 is 6.03 Å². The summed E-state index contributed by atoms with van der Waals surface area (Å²) in [5.74, 6) is -0.346. The first-order valence-electron chi connectivity index (χ1n) is 10.8. The van der Waals surface area contributed by atoms with Crippen LogP contribution in [0.4, 0.5) is 9.18 Å². The van der Waals surface area contributed by atoms with Crippen LogP contribution in [0.15, 0.2) is 18.2 Å². The highest BCUT2D eigenvalue weighted by molar-refractivity contribution is 7.89. The summed E-state index contributed by atoms with van der Waals surface area (Å²) in [4.78, 5) is 24.3. The van der Waals surface area contributed by atoms with Crippen molar-refractivity contribution in [2.45, 2.75) is 50.6 Å². The van der Waals surface area contributed by atoms with Crippen molar-refractivity contribution in [2.75, 3.05) is 25.7 Å². The van der Waals surface area contributed by atoms with Crippen molar-refractivity contribution < 1.29 is 31.9 Å². The van der Waals surface area contributed by atoms with E-state index in [1.807, 2.05) is 0 Å². The molecule has 3 aliphatic rings. The minimum absolute atomic E-state index is 0.0879. The van der Waals surface area contributed by atoms with Crippen molar-refractivity contribution in [3.63, 3.8) is 0 Å². The van der Waals surface area contributed by atoms with E-state index in [2.05, 4.69) is 10.0 Å². The summed E-state index contributed by atoms with van der Waals surface area (Å²) in [5.41, 5.74) is -0.0302. The summed E-state index contributed by atoms with van der Waals surface area (Å²) in [7, 11) is -3.60. The number of imide groups is 1. The fourth-order valence-corrected chi connectivity index (χ4v) is 5.13. The lowest BCUT2D eigenvalue weighted by Crippen LogP contribution is -2.37. The number of ether oxygens (including phenoxy) is 2. The van der Waals surface area contributed by atoms with Gasteiger partial charge in [0, 0.05) is 6.61 Å². The number of nitrogens with zero attached hydrogens (tertiary/aromatic N) is 1. The van der Waals surface area contributed by atoms with Crippen LogP contribution in [0.1, 0.15) is 44.6 Å². The quantitative estimate of drug-likeness (QED) is 0.357. The summed E-state index contributed by atoms with van der Waals surface area (Å²) in [6, 6.07) is 3.38. The predicted octanol–water partition coefficient (Wildman–Crippen LogP) is 1.83. The molecule has 1 atom stereocenters. The molecule has 1 aliphatic heterocycles. The molecule has 1 aromatic rings. The Bertz CT molecular complexity index is 993. The van der Waals surface area contributed by atoms with Gasteiger partial charge in [-0.25, -0.2) is 22.3 Å². The molecule has 0 spiro atoms. The zero-order valence-corrected chi connectivity index (χ0v) is 18.8. The van der Waals surface area contributed by atoms with Crippen LogP contribution in [0, 0.1) is 11.7 Å². The number of amides is 3. The highest BCUT2D eigenvalue weighted by atomic mass is 32.2. The standard InChI is InChI=1S/C21H28FN3O6S/c1-14-19(26)23-20(27)25(14)13-30-9-2-10-32(28,29)24-21(7-8-21)16-5-6-17(22)18(11-16)31-12-15-3-4-15/h5-6,11,14-15,24H,2-4,7-10,12-13H2,1H3,(H,23,26,27)/t14-/m1/s1. The minimum Gasteiger partial charge on any atom is -0.490 e. The first-order chi connectivity index (χ1) is 15.2. The molecule has 11 heteroatoms. The molecule has 2 saturated carbocycles. The minimum atomic E-state index is -3.60. The third-order valence-electron chi connectivity index (χ3n) is 6.03. The van der Waals surface area contributed by atoms with Crippen LogP contribution in [-0.4, -0.2) is 57.0 Å². The van der Waals surface area contributed by atoms with Crippen LogP contribution < -0.4 is 14.8 Å². The molecule has 0 unspecified atom stereocenters. The van der Waals surface area contributed by atoms with Crippen LogP contribution >= 0.6 is 0 Å². The Morgan fingerprint density at radius 2 is 2.03 bits per heavy atom. The molecule has 2 aliphatic carbocycles. The van der Waals surface area contributed by atoms with Gasteiger partial charge in [-0.2, -0.15) is 0 Å². The Labute approximate surface area is 186 Å². The van der Waals surface area contributed by atoms with Crippen LogP contribution in [0.5, 0.6) is 5.75 Å². The van der Waals surface area contributed by atoms with Crippen molar-refractivity contribution >= 4 is 22.0 Å². The first-order valence-corrected chi connectivity index (χ1v) is 12.5. The van der Waals surface area contributed by atoms with E-state index < -0.39 is 33.5 Å². The Morgan fingerprint density at radius 1 is 1.28 bits per heavy atom. The molecule has 0 aromatic heterocycles. The molecular formula is C21H28FN3O6S. The number of halogens is 1. The largest absolute Gasteiger partial charge is 0.490 e. The third kappa shape index (κ3) is 5.38. The van der Waals surface area contributed by atoms with Crippen LogP contribution in [0.25, 0.3) is 0 Å². The van der Waals surface area contributed by atoms with E-state index in [9.17, 15) is 22.4 Å². The molecular weight excluding hydrogens is 441 g/mol. The van der Waals surface area contributed by atoms with Gasteiger partial charge < -0.3 is 9.47 Å². The zero-order valence-electron chi connectivity index (χ0n) is 17.9. The second-order valence-corrected chi connectivity index (χ2v) is 10.6. The van der Waals surface area contributed by atoms with Crippen LogP contribution in [0.3, 0.4) is 0 Å². The van der Waals surface area contributed by atoms with Gasteiger partial charge in [0.2, 0.25) is 10.0 Å². The lowest BCUT2D eigenvalue weighted by molar-refractivity contribution is -0.121. The maximum absolute atomic E-state index is 14.1. The van der Waals surface area contributed by atoms with Crippen molar-refractivity contribution in [1.82, 2.24) is 14.9 Å². The molecule has 3 fully saturated rings. The molecule has 1 saturated heterocycles. The number of carbonyl (C=O) groups is 2. The zero-order chi connectivity index (χ0) is 22.9. The Kier molecular flexibility index (Phi) is 6.42. The molecule has 1 heterocycles. The van der Waals surface area contributed by atoms with Crippen molar-refractivity contribution in [2.24, 2.45) is 5.92 Å². The van der Waals surface area contributed by atoms with E-state index in [1.165, 1.54) is 11.0 Å². The SMILES string of the molecule is C[C@@H]1C(=O)NC(=O)N1COCCCS(=O)(=O)NC1(c2ccc(F)c(OCC3CC3)c2)CC1. The lowest BCUT2D eigenvalue weighted by atomic mass is 10.1. The van der Waals surface area contributed by atoms with Gasteiger partial charge in [-0.05, 0) is 62.6 Å². The normalized spacial score (nSPS) is 22.2. The summed E-state index contributed by atoms with van der Waals surface area (Å²) in [6.07, 6.45) is 3.68. The number of urea groups is 1. The smallest absolute Gasteiger partial charge is 0.326 e. The number of nitrogens with one attached hydrogen (secondary N) is 2. The van der Waals surface area contributed by atoms with Gasteiger partial charge in [0.25, 0.3) is 5.91 Å². The van der Waals surface area contributed by atoms with Crippen molar-refractivity contribution in [3.8, 4) is 5.75 Å². The van der Waals surface area contributed by atoms with Crippen LogP contribution in [-0.2, 0) is 25.1 Å². The average molecular weight is 470 g/mol. The van der Waals surface area contributed by atoms with Gasteiger partial charge in [0.05, 0.1) is 17.9 Å². The predicted molar refractivity (Wildman–Crippen MR) is 113 cm³/mol. The number of benzene rings is 1. The summed E-state index contributed by atoms with van der Waals surface area (Å²) >= 11 is 0. The monoisotopic (exact) mass is 469 g/mol. The molecule has 4 rings (SSSR count). The Hall–Kier alpha value is -2.24. The number of hydrogen-bond acceptors (Lipinski definition) is 6. The van der Waals surface area contributed by atoms with Gasteiger partial charge in [-0.3, -0.25) is 15.0 Å². The topological polar surface area (TPSA) is 114 Å². The van der Waals surface area contributed by atoms with E-state index in [1.54, 1.807) is 19.1 Å². The Morgan fingerprint density at radius 3 is 2.66 bits per heavy atom. The molecule has 9 nitrogen and oxygen atoms in total. The number of rotatable bonds is 12. The van der Waals surface area contributed by atoms with Gasteiger partial charge in [0.15, 0.2) is 11.6 Å². The molecule has 32 heavy (non-hydrogen) atoms. The highest BCUT2D eigenvalue weighted by Gasteiger charge is 2.47. The number of sulfonamides is 1. The Balaban J connectivity index is 1.26. The van der Waals surface area contributed by atoms with Gasteiger partial charge in [-0.15, -0.1) is 0 Å². The summed E-state index contributed by atoms with van der Waals surface area (Å²) in [6.45, 7) is 2.10. The summed E-state index contributed by atoms with van der Waals surface area (Å²) < 4.78 is 53.0. The highest BCUT2D eigenvalue weighted by Crippen LogP contribution is 2.47. The maximum Gasteiger partial charge on any atom is 0.326 e. The van der Waals surface area contributed by atoms with E-state index in [-0.39, 0.29) is 37.2 Å². The third-order valence-corrected chi connectivity index (χ3v) is 7.55. The second kappa shape index (κ2) is 8.95. The number of carbonyl (C=O) groups excluding carboxylic acids is 2. The molecule has 0 radical (unpaired) electrons. The molecule has 2 N–H and O–H groups in total. The fraction of sp³-hybridized carbons (Fsp3) is 0.619. The van der Waals surface area contributed by atoms with Gasteiger partial charge in [-0.1, -0.05) is 6.07 Å². The fourth-order valence-electron chi connectivity index (χ4n) is 3.61. The maximum atomic E-state index is 14.1. The van der Waals surface area contributed by atoms with Crippen LogP contribution in [0.2, 0.25) is 0 Å². The molecule has 1 aromatic carbocycles. The molecule has 0 bridgehead atoms. The van der Waals surface area contributed by atoms with E-state index >= 15 is 0 Å². The van der Waals surface area contributed by atoms with Crippen molar-refractivity contribution in [3.05, 3.63) is 29.6 Å².